The minimum atomic E-state index is -4.60. The minimum absolute atomic E-state index is 0.00700. The molecule has 0 spiro atoms. The Bertz CT molecular complexity index is 1040. The average molecular weight is 480 g/mol. The van der Waals surface area contributed by atoms with E-state index in [1.807, 2.05) is 6.07 Å². The number of rotatable bonds is 6. The quantitative estimate of drug-likeness (QED) is 0.464. The van der Waals surface area contributed by atoms with Crippen molar-refractivity contribution in [2.45, 2.75) is 12.7 Å². The first-order valence-electron chi connectivity index (χ1n) is 8.78. The van der Waals surface area contributed by atoms with Crippen LogP contribution in [0.2, 0.25) is 0 Å². The number of alkyl halides is 3. The maximum absolute atomic E-state index is 13.4. The monoisotopic (exact) mass is 479 g/mol. The molecule has 1 heterocycles. The van der Waals surface area contributed by atoms with Gasteiger partial charge in [0.15, 0.2) is 0 Å². The van der Waals surface area contributed by atoms with E-state index in [9.17, 15) is 18.0 Å². The summed E-state index contributed by atoms with van der Waals surface area (Å²) in [6.45, 7) is 0.153. The van der Waals surface area contributed by atoms with Crippen molar-refractivity contribution in [2.75, 3.05) is 17.7 Å². The molecule has 0 aliphatic carbocycles. The molecule has 0 unspecified atom stereocenters. The van der Waals surface area contributed by atoms with Gasteiger partial charge in [0.05, 0.1) is 0 Å². The van der Waals surface area contributed by atoms with Crippen LogP contribution in [0.5, 0.6) is 0 Å². The highest BCUT2D eigenvalue weighted by Crippen LogP contribution is 2.34. The van der Waals surface area contributed by atoms with Gasteiger partial charge in [0.25, 0.3) is 5.91 Å². The molecule has 6 nitrogen and oxygen atoms in total. The summed E-state index contributed by atoms with van der Waals surface area (Å²) in [5.41, 5.74) is 0.807. The number of carbonyl (C=O) groups excluding carboxylic acids is 1. The fraction of sp³-hybridized carbons (Fsp3) is 0.150. The molecule has 2 aromatic carbocycles. The normalized spacial score (nSPS) is 11.1. The molecule has 0 fully saturated rings. The van der Waals surface area contributed by atoms with Crippen LogP contribution in [-0.4, -0.2) is 22.9 Å². The second kappa shape index (κ2) is 9.12. The maximum Gasteiger partial charge on any atom is 0.421 e. The Labute approximate surface area is 179 Å². The molecule has 0 aliphatic rings. The third-order valence-corrected chi connectivity index (χ3v) is 4.57. The number of carbonyl (C=O) groups is 1. The first-order valence-corrected chi connectivity index (χ1v) is 9.57. The number of benzene rings is 2. The van der Waals surface area contributed by atoms with Gasteiger partial charge in [-0.05, 0) is 42.0 Å². The second-order valence-electron chi connectivity index (χ2n) is 6.22. The Morgan fingerprint density at radius 3 is 2.50 bits per heavy atom. The highest BCUT2D eigenvalue weighted by atomic mass is 79.9. The Kier molecular flexibility index (Phi) is 6.56. The summed E-state index contributed by atoms with van der Waals surface area (Å²) in [6, 6.07) is 13.6. The molecule has 3 aromatic rings. The van der Waals surface area contributed by atoms with Gasteiger partial charge in [-0.2, -0.15) is 18.2 Å². The van der Waals surface area contributed by atoms with E-state index < -0.39 is 11.7 Å². The lowest BCUT2D eigenvalue weighted by Gasteiger charge is -2.15. The summed E-state index contributed by atoms with van der Waals surface area (Å²) in [5.74, 6) is -0.583. The van der Waals surface area contributed by atoms with Crippen molar-refractivity contribution in [3.8, 4) is 0 Å². The van der Waals surface area contributed by atoms with Gasteiger partial charge in [-0.25, -0.2) is 4.98 Å². The first-order chi connectivity index (χ1) is 14.3. The third-order valence-electron chi connectivity index (χ3n) is 4.07. The zero-order valence-corrected chi connectivity index (χ0v) is 17.3. The molecular formula is C20H17BrF3N5O. The topological polar surface area (TPSA) is 78.9 Å². The lowest BCUT2D eigenvalue weighted by Crippen LogP contribution is -2.17. The number of halogens is 4. The Morgan fingerprint density at radius 2 is 1.87 bits per heavy atom. The van der Waals surface area contributed by atoms with Crippen molar-refractivity contribution in [1.29, 1.82) is 0 Å². The molecule has 1 amide bonds. The van der Waals surface area contributed by atoms with E-state index in [0.29, 0.717) is 11.3 Å². The summed E-state index contributed by atoms with van der Waals surface area (Å²) < 4.78 is 40.9. The fourth-order valence-electron chi connectivity index (χ4n) is 2.60. The molecule has 30 heavy (non-hydrogen) atoms. The summed E-state index contributed by atoms with van der Waals surface area (Å²) in [5, 5.41) is 8.09. The number of anilines is 3. The molecule has 0 atom stereocenters. The van der Waals surface area contributed by atoms with Crippen LogP contribution in [0.25, 0.3) is 0 Å². The van der Waals surface area contributed by atoms with E-state index in [-0.39, 0.29) is 24.2 Å². The Morgan fingerprint density at radius 1 is 1.13 bits per heavy atom. The molecular weight excluding hydrogens is 463 g/mol. The SMILES string of the molecule is CNC(=O)c1ccc(Nc2ncc(C(F)(F)F)c(NCc3cccc(Br)c3)n2)cc1. The molecule has 0 saturated carbocycles. The summed E-state index contributed by atoms with van der Waals surface area (Å²) in [6.07, 6.45) is -3.87. The van der Waals surface area contributed by atoms with Crippen LogP contribution >= 0.6 is 15.9 Å². The molecule has 0 saturated heterocycles. The zero-order chi connectivity index (χ0) is 21.7. The van der Waals surface area contributed by atoms with Gasteiger partial charge >= 0.3 is 6.18 Å². The first kappa shape index (κ1) is 21.6. The van der Waals surface area contributed by atoms with Gasteiger partial charge in [-0.3, -0.25) is 4.79 Å². The van der Waals surface area contributed by atoms with Crippen molar-refractivity contribution in [3.05, 3.63) is 75.9 Å². The van der Waals surface area contributed by atoms with Gasteiger partial charge in [0.2, 0.25) is 5.95 Å². The zero-order valence-electron chi connectivity index (χ0n) is 15.7. The Hall–Kier alpha value is -3.14. The molecule has 0 aliphatic heterocycles. The predicted molar refractivity (Wildman–Crippen MR) is 112 cm³/mol. The summed E-state index contributed by atoms with van der Waals surface area (Å²) in [7, 11) is 1.52. The van der Waals surface area contributed by atoms with Crippen LogP contribution in [0.4, 0.5) is 30.6 Å². The van der Waals surface area contributed by atoms with Crippen molar-refractivity contribution in [1.82, 2.24) is 15.3 Å². The number of hydrogen-bond donors (Lipinski definition) is 3. The predicted octanol–water partition coefficient (Wildman–Crippen LogP) is 4.97. The summed E-state index contributed by atoms with van der Waals surface area (Å²) >= 11 is 3.33. The van der Waals surface area contributed by atoms with Crippen molar-refractivity contribution < 1.29 is 18.0 Å². The smallest absolute Gasteiger partial charge is 0.365 e. The van der Waals surface area contributed by atoms with Crippen molar-refractivity contribution in [2.24, 2.45) is 0 Å². The number of hydrogen-bond acceptors (Lipinski definition) is 5. The average Bonchev–Trinajstić information content (AvgIpc) is 2.71. The van der Waals surface area contributed by atoms with Gasteiger partial charge in [0, 0.05) is 35.5 Å². The van der Waals surface area contributed by atoms with Crippen LogP contribution in [0.1, 0.15) is 21.5 Å². The van der Waals surface area contributed by atoms with Gasteiger partial charge in [-0.1, -0.05) is 28.1 Å². The lowest BCUT2D eigenvalue weighted by molar-refractivity contribution is -0.137. The van der Waals surface area contributed by atoms with Crippen LogP contribution in [0.15, 0.2) is 59.2 Å². The molecule has 156 valence electrons. The van der Waals surface area contributed by atoms with Gasteiger partial charge < -0.3 is 16.0 Å². The van der Waals surface area contributed by atoms with Crippen LogP contribution in [0.3, 0.4) is 0 Å². The van der Waals surface area contributed by atoms with Crippen molar-refractivity contribution >= 4 is 39.3 Å². The molecule has 3 rings (SSSR count). The largest absolute Gasteiger partial charge is 0.421 e. The van der Waals surface area contributed by atoms with E-state index in [4.69, 9.17) is 0 Å². The highest BCUT2D eigenvalue weighted by molar-refractivity contribution is 9.10. The number of amides is 1. The van der Waals surface area contributed by atoms with Gasteiger partial charge in [-0.15, -0.1) is 0 Å². The molecule has 1 aromatic heterocycles. The number of nitrogens with one attached hydrogen (secondary N) is 3. The molecule has 0 radical (unpaired) electrons. The third kappa shape index (κ3) is 5.47. The highest BCUT2D eigenvalue weighted by Gasteiger charge is 2.35. The molecule has 10 heteroatoms. The molecule has 3 N–H and O–H groups in total. The van der Waals surface area contributed by atoms with Gasteiger partial charge in [0.1, 0.15) is 11.4 Å². The van der Waals surface area contributed by atoms with E-state index >= 15 is 0 Å². The standard InChI is InChI=1S/C20H17BrF3N5O/c1-25-18(30)13-5-7-15(8-6-13)28-19-27-11-16(20(22,23)24)17(29-19)26-10-12-3-2-4-14(21)9-12/h2-9,11H,10H2,1H3,(H,25,30)(H2,26,27,28,29). The second-order valence-corrected chi connectivity index (χ2v) is 7.13. The van der Waals surface area contributed by atoms with E-state index in [1.165, 1.54) is 7.05 Å². The maximum atomic E-state index is 13.4. The van der Waals surface area contributed by atoms with E-state index in [0.717, 1.165) is 16.2 Å². The van der Waals surface area contributed by atoms with Crippen molar-refractivity contribution in [3.63, 3.8) is 0 Å². The minimum Gasteiger partial charge on any atom is -0.365 e. The van der Waals surface area contributed by atoms with Crippen LogP contribution in [-0.2, 0) is 12.7 Å². The van der Waals surface area contributed by atoms with Crippen LogP contribution in [0, 0.1) is 0 Å². The lowest BCUT2D eigenvalue weighted by atomic mass is 10.2. The summed E-state index contributed by atoms with van der Waals surface area (Å²) in [4.78, 5) is 19.4. The fourth-order valence-corrected chi connectivity index (χ4v) is 3.04. The van der Waals surface area contributed by atoms with Crippen LogP contribution < -0.4 is 16.0 Å². The molecule has 0 bridgehead atoms. The number of aromatic nitrogens is 2. The van der Waals surface area contributed by atoms with E-state index in [2.05, 4.69) is 41.8 Å². The Balaban J connectivity index is 1.82. The van der Waals surface area contributed by atoms with E-state index in [1.54, 1.807) is 42.5 Å². The number of nitrogens with zero attached hydrogens (tertiary/aromatic N) is 2.